The van der Waals surface area contributed by atoms with Crippen molar-refractivity contribution in [1.29, 1.82) is 0 Å². The van der Waals surface area contributed by atoms with Gasteiger partial charge in [0, 0.05) is 34.4 Å². The van der Waals surface area contributed by atoms with Crippen molar-refractivity contribution in [1.82, 2.24) is 10.0 Å². The average Bonchev–Trinajstić information content (AvgIpc) is 3.34. The summed E-state index contributed by atoms with van der Waals surface area (Å²) in [6, 6.07) is 33.6. The van der Waals surface area contributed by atoms with Gasteiger partial charge < -0.3 is 41.1 Å². The Morgan fingerprint density at radius 2 is 1.28 bits per heavy atom. The number of phenolic OH excluding ortho intramolecular Hbond substituents is 1. The van der Waals surface area contributed by atoms with Crippen LogP contribution in [0.5, 0.6) is 17.2 Å². The smallest absolute Gasteiger partial charge is 0.259 e. The normalized spacial score (nSPS) is 12.1. The number of phenols is 1. The molecule has 8 N–H and O–H groups in total. The minimum Gasteiger partial charge on any atom is -0.506 e. The largest absolute Gasteiger partial charge is 0.506 e. The molecule has 0 aromatic heterocycles. The molecule has 6 aromatic rings. The molecule has 6 aromatic carbocycles. The molecule has 68 heavy (non-hydrogen) atoms. The molecule has 0 radical (unpaired) electrons. The van der Waals surface area contributed by atoms with Gasteiger partial charge in [0.25, 0.3) is 17.7 Å². The highest BCUT2D eigenvalue weighted by Crippen LogP contribution is 2.41. The number of nitrogens with one attached hydrogen (secondary N) is 4. The Morgan fingerprint density at radius 1 is 0.632 bits per heavy atom. The monoisotopic (exact) mass is 944 g/mol. The lowest BCUT2D eigenvalue weighted by molar-refractivity contribution is 0.0581. The summed E-state index contributed by atoms with van der Waals surface area (Å²) in [5.41, 5.74) is 1.50. The molecule has 15 heteroatoms. The van der Waals surface area contributed by atoms with Crippen molar-refractivity contribution < 1.29 is 48.0 Å². The molecule has 0 atom stereocenters. The molecule has 358 valence electrons. The number of ether oxygens (including phenoxy) is 1. The first kappa shape index (κ1) is 50.8. The molecule has 0 aliphatic carbocycles. The molecular formula is C53H60N4O10S. The maximum atomic E-state index is 14.3. The van der Waals surface area contributed by atoms with Gasteiger partial charge in [-0.3, -0.25) is 14.4 Å². The number of aliphatic hydroxyl groups excluding tert-OH is 3. The highest BCUT2D eigenvalue weighted by atomic mass is 32.2. The van der Waals surface area contributed by atoms with Crippen LogP contribution in [0.15, 0.2) is 126 Å². The summed E-state index contributed by atoms with van der Waals surface area (Å²) in [6.07, 6.45) is 2.19. The lowest BCUT2D eigenvalue weighted by atomic mass is 9.76. The van der Waals surface area contributed by atoms with Crippen molar-refractivity contribution in [3.63, 3.8) is 0 Å². The number of carbonyl (C=O) groups excluding carboxylic acids is 3. The number of hydrogen-bond donors (Lipinski definition) is 8. The predicted molar refractivity (Wildman–Crippen MR) is 264 cm³/mol. The Hall–Kier alpha value is -6.62. The Morgan fingerprint density at radius 3 is 1.96 bits per heavy atom. The van der Waals surface area contributed by atoms with Gasteiger partial charge >= 0.3 is 0 Å². The summed E-state index contributed by atoms with van der Waals surface area (Å²) in [6.45, 7) is 10.5. The molecule has 0 spiro atoms. The van der Waals surface area contributed by atoms with Crippen molar-refractivity contribution in [3.05, 3.63) is 155 Å². The fourth-order valence-corrected chi connectivity index (χ4v) is 8.78. The Bertz CT molecular complexity index is 2900. The molecule has 0 saturated carbocycles. The second-order valence-electron chi connectivity index (χ2n) is 18.2. The highest BCUT2D eigenvalue weighted by molar-refractivity contribution is 7.89. The topological polar surface area (TPSA) is 224 Å². The zero-order chi connectivity index (χ0) is 49.4. The van der Waals surface area contributed by atoms with E-state index in [0.717, 1.165) is 41.0 Å². The number of aromatic hydroxyl groups is 1. The minimum absolute atomic E-state index is 0.0604. The SMILES string of the molecule is CCC(C)(C)c1ccc(Oc2ccc(NC(=O)c3cccc(S(=O)(=O)NC(CO)(CO)CO)c3)cc2C(=O)Nc2ccc(CCNC(=O)c3ccc4ccccc4c3O)cc2)c(C(C)(C)CC)c1. The first-order valence-electron chi connectivity index (χ1n) is 22.4. The first-order valence-corrected chi connectivity index (χ1v) is 23.9. The Labute approximate surface area is 397 Å². The van der Waals surface area contributed by atoms with E-state index in [1.165, 1.54) is 24.3 Å². The van der Waals surface area contributed by atoms with Crippen molar-refractivity contribution in [2.24, 2.45) is 0 Å². The molecule has 0 fully saturated rings. The molecule has 6 rings (SSSR count). The number of carbonyl (C=O) groups is 3. The van der Waals surface area contributed by atoms with E-state index in [9.17, 15) is 43.2 Å². The van der Waals surface area contributed by atoms with Crippen molar-refractivity contribution in [3.8, 4) is 17.2 Å². The third kappa shape index (κ3) is 11.5. The maximum Gasteiger partial charge on any atom is 0.259 e. The fourth-order valence-electron chi connectivity index (χ4n) is 7.36. The van der Waals surface area contributed by atoms with Gasteiger partial charge in [0.2, 0.25) is 10.0 Å². The highest BCUT2D eigenvalue weighted by Gasteiger charge is 2.34. The second kappa shape index (κ2) is 21.1. The van der Waals surface area contributed by atoms with E-state index < -0.39 is 53.1 Å². The maximum absolute atomic E-state index is 14.3. The third-order valence-corrected chi connectivity index (χ3v) is 14.3. The van der Waals surface area contributed by atoms with Gasteiger partial charge in [0.1, 0.15) is 22.8 Å². The molecule has 0 aliphatic rings. The Kier molecular flexibility index (Phi) is 15.8. The van der Waals surface area contributed by atoms with E-state index in [-0.39, 0.29) is 49.6 Å². The number of hydrogen-bond acceptors (Lipinski definition) is 10. The summed E-state index contributed by atoms with van der Waals surface area (Å²) >= 11 is 0. The average molecular weight is 945 g/mol. The van der Waals surface area contributed by atoms with Gasteiger partial charge in [-0.15, -0.1) is 0 Å². The molecular weight excluding hydrogens is 885 g/mol. The van der Waals surface area contributed by atoms with Crippen LogP contribution in [0.1, 0.15) is 102 Å². The van der Waals surface area contributed by atoms with Gasteiger partial charge in [-0.25, -0.2) is 8.42 Å². The van der Waals surface area contributed by atoms with Gasteiger partial charge in [0.15, 0.2) is 0 Å². The summed E-state index contributed by atoms with van der Waals surface area (Å²) in [4.78, 5) is 40.6. The van der Waals surface area contributed by atoms with Crippen molar-refractivity contribution in [2.45, 2.75) is 82.1 Å². The molecule has 0 saturated heterocycles. The molecule has 0 aliphatic heterocycles. The van der Waals surface area contributed by atoms with Gasteiger partial charge in [-0.1, -0.05) is 102 Å². The van der Waals surface area contributed by atoms with Crippen LogP contribution in [0.2, 0.25) is 0 Å². The van der Waals surface area contributed by atoms with Gasteiger partial charge in [0.05, 0.1) is 35.8 Å². The van der Waals surface area contributed by atoms with Crippen LogP contribution in [0.25, 0.3) is 10.8 Å². The van der Waals surface area contributed by atoms with E-state index in [1.54, 1.807) is 48.5 Å². The number of rotatable bonds is 20. The summed E-state index contributed by atoms with van der Waals surface area (Å²) in [5, 5.41) is 49.8. The van der Waals surface area contributed by atoms with E-state index in [0.29, 0.717) is 29.8 Å². The van der Waals surface area contributed by atoms with Crippen LogP contribution in [0, 0.1) is 0 Å². The van der Waals surface area contributed by atoms with Crippen LogP contribution in [0.4, 0.5) is 11.4 Å². The summed E-state index contributed by atoms with van der Waals surface area (Å²) < 4.78 is 35.2. The standard InChI is InChI=1S/C53H60N4O10S/c1-7-51(3,4)37-19-24-46(44(29-37)52(5,6)8-2)67-45-25-22-39(56-48(62)36-13-11-14-40(28-36)68(65,66)57-53(31-58,32-59)33-60)30-43(45)50(64)55-38-20-16-34(17-21-38)26-27-54-49(63)42-23-18-35-12-9-10-15-41(35)47(42)61/h9-25,28-30,57-61H,7-8,26-27,31-33H2,1-6H3,(H,54,63)(H,55,64)(H,56,62). The lowest BCUT2D eigenvalue weighted by Gasteiger charge is -2.30. The van der Waals surface area contributed by atoms with Gasteiger partial charge in [-0.05, 0) is 107 Å². The third-order valence-electron chi connectivity index (χ3n) is 12.7. The van der Waals surface area contributed by atoms with Crippen LogP contribution in [-0.2, 0) is 27.3 Å². The Balaban J connectivity index is 1.25. The van der Waals surface area contributed by atoms with Crippen LogP contribution >= 0.6 is 0 Å². The number of aliphatic hydroxyl groups is 3. The van der Waals surface area contributed by atoms with E-state index in [2.05, 4.69) is 68.3 Å². The fraction of sp³-hybridized carbons (Fsp3) is 0.302. The number of benzene rings is 6. The molecule has 0 heterocycles. The second-order valence-corrected chi connectivity index (χ2v) is 19.9. The van der Waals surface area contributed by atoms with Crippen LogP contribution in [-0.4, -0.2) is 78.5 Å². The lowest BCUT2D eigenvalue weighted by Crippen LogP contribution is -2.56. The number of anilines is 2. The quantitative estimate of drug-likeness (QED) is 0.0366. The molecule has 0 unspecified atom stereocenters. The van der Waals surface area contributed by atoms with Crippen LogP contribution < -0.4 is 25.4 Å². The van der Waals surface area contributed by atoms with Crippen molar-refractivity contribution in [2.75, 3.05) is 37.0 Å². The summed E-state index contributed by atoms with van der Waals surface area (Å²) in [5.74, 6) is -0.970. The number of fused-ring (bicyclic) bond motifs is 1. The molecule has 3 amide bonds. The zero-order valence-electron chi connectivity index (χ0n) is 39.1. The van der Waals surface area contributed by atoms with Gasteiger partial charge in [-0.2, -0.15) is 4.72 Å². The molecule has 0 bridgehead atoms. The predicted octanol–water partition coefficient (Wildman–Crippen LogP) is 8.18. The number of sulfonamides is 1. The van der Waals surface area contributed by atoms with E-state index in [1.807, 2.05) is 36.4 Å². The van der Waals surface area contributed by atoms with E-state index >= 15 is 0 Å². The summed E-state index contributed by atoms with van der Waals surface area (Å²) in [7, 11) is -4.43. The minimum atomic E-state index is -4.43. The van der Waals surface area contributed by atoms with E-state index in [4.69, 9.17) is 4.74 Å². The zero-order valence-corrected chi connectivity index (χ0v) is 40.0. The number of amides is 3. The molecule has 14 nitrogen and oxygen atoms in total. The van der Waals surface area contributed by atoms with Crippen LogP contribution in [0.3, 0.4) is 0 Å². The van der Waals surface area contributed by atoms with Crippen molar-refractivity contribution >= 4 is 49.9 Å². The first-order chi connectivity index (χ1) is 32.3.